The average molecular weight is 364 g/mol. The molecule has 0 amide bonds. The molecule has 4 nitrogen and oxygen atoms in total. The van der Waals surface area contributed by atoms with E-state index in [0.29, 0.717) is 13.0 Å². The minimum absolute atomic E-state index is 0.442. The Morgan fingerprint density at radius 2 is 2.00 bits per heavy atom. The fourth-order valence-electron chi connectivity index (χ4n) is 2.14. The van der Waals surface area contributed by atoms with Crippen molar-refractivity contribution >= 4 is 21.9 Å². The number of methoxy groups -OCH3 is 1. The van der Waals surface area contributed by atoms with E-state index in [9.17, 15) is 9.90 Å². The van der Waals surface area contributed by atoms with Crippen molar-refractivity contribution in [3.8, 4) is 5.75 Å². The summed E-state index contributed by atoms with van der Waals surface area (Å²) in [7, 11) is 1.61. The number of aliphatic carboxylic acids is 1. The molecular weight excluding hydrogens is 346 g/mol. The second-order valence-corrected chi connectivity index (χ2v) is 5.77. The molecule has 0 heterocycles. The highest BCUT2D eigenvalue weighted by molar-refractivity contribution is 9.10. The lowest BCUT2D eigenvalue weighted by Crippen LogP contribution is -2.38. The molecule has 0 spiro atoms. The van der Waals surface area contributed by atoms with Crippen LogP contribution in [0.4, 0.5) is 0 Å². The van der Waals surface area contributed by atoms with Crippen LogP contribution in [-0.4, -0.2) is 24.2 Å². The third kappa shape index (κ3) is 4.58. The lowest BCUT2D eigenvalue weighted by atomic mass is 10.1. The first-order chi connectivity index (χ1) is 10.6. The minimum atomic E-state index is -0.858. The van der Waals surface area contributed by atoms with Gasteiger partial charge in [0.1, 0.15) is 11.8 Å². The molecule has 0 aliphatic heterocycles. The fraction of sp³-hybridized carbons (Fsp3) is 0.235. The Labute approximate surface area is 138 Å². The maximum atomic E-state index is 11.4. The maximum absolute atomic E-state index is 11.4. The van der Waals surface area contributed by atoms with Crippen molar-refractivity contribution in [3.05, 3.63) is 64.1 Å². The van der Waals surface area contributed by atoms with Crippen molar-refractivity contribution in [3.63, 3.8) is 0 Å². The van der Waals surface area contributed by atoms with Crippen LogP contribution in [0.25, 0.3) is 0 Å². The van der Waals surface area contributed by atoms with Gasteiger partial charge in [0.05, 0.1) is 7.11 Å². The number of hydrogen-bond acceptors (Lipinski definition) is 3. The molecule has 2 aromatic rings. The highest BCUT2D eigenvalue weighted by Crippen LogP contribution is 2.22. The van der Waals surface area contributed by atoms with Gasteiger partial charge in [-0.2, -0.15) is 0 Å². The number of carboxylic acid groups (broad SMARTS) is 1. The summed E-state index contributed by atoms with van der Waals surface area (Å²) in [5, 5.41) is 12.5. The lowest BCUT2D eigenvalue weighted by molar-refractivity contribution is -0.139. The van der Waals surface area contributed by atoms with E-state index in [-0.39, 0.29) is 0 Å². The molecular formula is C17H18BrNO3. The number of halogens is 1. The average Bonchev–Trinajstić information content (AvgIpc) is 2.53. The second-order valence-electron chi connectivity index (χ2n) is 4.92. The highest BCUT2D eigenvalue weighted by Gasteiger charge is 2.17. The third-order valence-electron chi connectivity index (χ3n) is 3.37. The van der Waals surface area contributed by atoms with Crippen LogP contribution in [0.15, 0.2) is 53.0 Å². The molecule has 2 N–H and O–H groups in total. The summed E-state index contributed by atoms with van der Waals surface area (Å²) in [6, 6.07) is 14.6. The maximum Gasteiger partial charge on any atom is 0.321 e. The van der Waals surface area contributed by atoms with E-state index < -0.39 is 12.0 Å². The van der Waals surface area contributed by atoms with Gasteiger partial charge in [-0.3, -0.25) is 10.1 Å². The fourth-order valence-corrected chi connectivity index (χ4v) is 2.53. The van der Waals surface area contributed by atoms with Crippen molar-refractivity contribution in [2.24, 2.45) is 0 Å². The van der Waals surface area contributed by atoms with Crippen molar-refractivity contribution in [1.82, 2.24) is 5.32 Å². The molecule has 0 radical (unpaired) electrons. The Balaban J connectivity index is 2.04. The van der Waals surface area contributed by atoms with Gasteiger partial charge in [-0.1, -0.05) is 46.3 Å². The van der Waals surface area contributed by atoms with E-state index in [0.717, 1.165) is 21.3 Å². The van der Waals surface area contributed by atoms with Gasteiger partial charge in [0.15, 0.2) is 0 Å². The van der Waals surface area contributed by atoms with Crippen molar-refractivity contribution in [2.45, 2.75) is 19.0 Å². The van der Waals surface area contributed by atoms with E-state index in [1.807, 2.05) is 48.5 Å². The first-order valence-corrected chi connectivity index (χ1v) is 7.72. The van der Waals surface area contributed by atoms with Gasteiger partial charge >= 0.3 is 5.97 Å². The SMILES string of the molecule is COc1ccc(Br)c(CN[C@@H](Cc2ccccc2)C(=O)O)c1. The number of carbonyl (C=O) groups is 1. The summed E-state index contributed by atoms with van der Waals surface area (Å²) >= 11 is 3.47. The predicted octanol–water partition coefficient (Wildman–Crippen LogP) is 3.24. The van der Waals surface area contributed by atoms with Gasteiger partial charge in [-0.15, -0.1) is 0 Å². The Morgan fingerprint density at radius 1 is 1.27 bits per heavy atom. The monoisotopic (exact) mass is 363 g/mol. The van der Waals surface area contributed by atoms with Gasteiger partial charge in [0, 0.05) is 11.0 Å². The minimum Gasteiger partial charge on any atom is -0.497 e. The Bertz CT molecular complexity index is 631. The Hall–Kier alpha value is -1.85. The first-order valence-electron chi connectivity index (χ1n) is 6.92. The topological polar surface area (TPSA) is 58.6 Å². The van der Waals surface area contributed by atoms with E-state index in [4.69, 9.17) is 4.74 Å². The number of rotatable bonds is 7. The molecule has 1 atom stereocenters. The van der Waals surface area contributed by atoms with Crippen molar-refractivity contribution < 1.29 is 14.6 Å². The van der Waals surface area contributed by atoms with Crippen LogP contribution >= 0.6 is 15.9 Å². The summed E-state index contributed by atoms with van der Waals surface area (Å²) in [6.45, 7) is 0.446. The smallest absolute Gasteiger partial charge is 0.321 e. The molecule has 0 aliphatic carbocycles. The number of hydrogen-bond donors (Lipinski definition) is 2. The quantitative estimate of drug-likeness (QED) is 0.792. The van der Waals surface area contributed by atoms with E-state index in [2.05, 4.69) is 21.2 Å². The highest BCUT2D eigenvalue weighted by atomic mass is 79.9. The van der Waals surface area contributed by atoms with Crippen LogP contribution in [0.1, 0.15) is 11.1 Å². The van der Waals surface area contributed by atoms with Crippen molar-refractivity contribution in [2.75, 3.05) is 7.11 Å². The van der Waals surface area contributed by atoms with Crippen molar-refractivity contribution in [1.29, 1.82) is 0 Å². The Morgan fingerprint density at radius 3 is 2.64 bits per heavy atom. The van der Waals surface area contributed by atoms with Gasteiger partial charge in [0.2, 0.25) is 0 Å². The molecule has 2 rings (SSSR count). The van der Waals surface area contributed by atoms with Crippen LogP contribution in [0.3, 0.4) is 0 Å². The van der Waals surface area contributed by atoms with Crippen LogP contribution < -0.4 is 10.1 Å². The lowest BCUT2D eigenvalue weighted by Gasteiger charge is -2.16. The zero-order valence-electron chi connectivity index (χ0n) is 12.3. The summed E-state index contributed by atoms with van der Waals surface area (Å²) < 4.78 is 6.12. The third-order valence-corrected chi connectivity index (χ3v) is 4.15. The number of nitrogens with one attached hydrogen (secondary N) is 1. The molecule has 0 saturated heterocycles. The molecule has 0 aliphatic rings. The zero-order chi connectivity index (χ0) is 15.9. The van der Waals surface area contributed by atoms with Crippen LogP contribution in [0.5, 0.6) is 5.75 Å². The summed E-state index contributed by atoms with van der Waals surface area (Å²) in [6.07, 6.45) is 0.442. The molecule has 0 fully saturated rings. The standard InChI is InChI=1S/C17H18BrNO3/c1-22-14-7-8-15(18)13(10-14)11-19-16(17(20)21)9-12-5-3-2-4-6-12/h2-8,10,16,19H,9,11H2,1H3,(H,20,21)/t16-/m0/s1. The molecule has 5 heteroatoms. The first kappa shape index (κ1) is 16.5. The number of benzene rings is 2. The van der Waals surface area contributed by atoms with Gasteiger partial charge in [-0.25, -0.2) is 0 Å². The summed E-state index contributed by atoms with van der Waals surface area (Å²) in [5.74, 6) is -0.113. The molecule has 0 saturated carbocycles. The van der Waals surface area contributed by atoms with E-state index >= 15 is 0 Å². The zero-order valence-corrected chi connectivity index (χ0v) is 13.8. The van der Waals surface area contributed by atoms with Crippen LogP contribution in [0.2, 0.25) is 0 Å². The van der Waals surface area contributed by atoms with Gasteiger partial charge < -0.3 is 9.84 Å². The second kappa shape index (κ2) is 7.96. The van der Waals surface area contributed by atoms with E-state index in [1.165, 1.54) is 0 Å². The number of ether oxygens (including phenoxy) is 1. The molecule has 2 aromatic carbocycles. The Kier molecular flexibility index (Phi) is 5.98. The van der Waals surface area contributed by atoms with Crippen LogP contribution in [-0.2, 0) is 17.8 Å². The summed E-state index contributed by atoms with van der Waals surface area (Å²) in [5.41, 5.74) is 1.95. The molecule has 116 valence electrons. The summed E-state index contributed by atoms with van der Waals surface area (Å²) in [4.78, 5) is 11.4. The molecule has 0 bridgehead atoms. The predicted molar refractivity (Wildman–Crippen MR) is 89.1 cm³/mol. The number of carboxylic acids is 1. The van der Waals surface area contributed by atoms with E-state index in [1.54, 1.807) is 7.11 Å². The van der Waals surface area contributed by atoms with Gasteiger partial charge in [-0.05, 0) is 35.7 Å². The molecule has 0 aromatic heterocycles. The largest absolute Gasteiger partial charge is 0.497 e. The molecule has 22 heavy (non-hydrogen) atoms. The normalized spacial score (nSPS) is 11.9. The van der Waals surface area contributed by atoms with Crippen LogP contribution in [0, 0.1) is 0 Å². The van der Waals surface area contributed by atoms with Gasteiger partial charge in [0.25, 0.3) is 0 Å². The molecule has 0 unspecified atom stereocenters.